The minimum absolute atomic E-state index is 0.238. The number of ether oxygens (including phenoxy) is 5. The van der Waals surface area contributed by atoms with Crippen LogP contribution in [0.4, 0.5) is 0 Å². The van der Waals surface area contributed by atoms with Gasteiger partial charge in [0.25, 0.3) is 8.32 Å². The van der Waals surface area contributed by atoms with Crippen LogP contribution in [0.5, 0.6) is 0 Å². The van der Waals surface area contributed by atoms with Crippen molar-refractivity contribution in [2.45, 2.75) is 82.9 Å². The molecule has 1 saturated heterocycles. The van der Waals surface area contributed by atoms with Crippen LogP contribution in [0.3, 0.4) is 0 Å². The van der Waals surface area contributed by atoms with Gasteiger partial charge in [0.1, 0.15) is 24.4 Å². The highest BCUT2D eigenvalue weighted by molar-refractivity contribution is 6.99. The maximum Gasteiger partial charge on any atom is 0.261 e. The maximum absolute atomic E-state index is 7.56. The fraction of sp³-hybridized carbons (Fsp3) is 0.280. The molecule has 0 bridgehead atoms. The Morgan fingerprint density at radius 3 is 1.14 bits per heavy atom. The topological polar surface area (TPSA) is 55.4 Å². The van der Waals surface area contributed by atoms with E-state index in [-0.39, 0.29) is 11.6 Å². The summed E-state index contributed by atoms with van der Waals surface area (Å²) in [6, 6.07) is 62.2. The van der Waals surface area contributed by atoms with Crippen LogP contribution in [0.15, 0.2) is 182 Å². The molecule has 57 heavy (non-hydrogen) atoms. The minimum Gasteiger partial charge on any atom is -0.405 e. The fourth-order valence-electron chi connectivity index (χ4n) is 7.74. The van der Waals surface area contributed by atoms with Gasteiger partial charge in [-0.25, -0.2) is 0 Å². The van der Waals surface area contributed by atoms with Crippen LogP contribution in [0, 0.1) is 0 Å². The first-order chi connectivity index (χ1) is 27.9. The van der Waals surface area contributed by atoms with Gasteiger partial charge < -0.3 is 28.1 Å². The molecule has 0 aromatic heterocycles. The monoisotopic (exact) mass is 778 g/mol. The van der Waals surface area contributed by atoms with Gasteiger partial charge in [-0.05, 0) is 37.7 Å². The first kappa shape index (κ1) is 40.5. The normalized spacial score (nSPS) is 19.9. The Morgan fingerprint density at radius 1 is 0.421 bits per heavy atom. The molecular weight excluding hydrogens is 725 g/mol. The highest BCUT2D eigenvalue weighted by Crippen LogP contribution is 2.38. The molecule has 0 amide bonds. The van der Waals surface area contributed by atoms with Crippen LogP contribution >= 0.6 is 0 Å². The third-order valence-corrected chi connectivity index (χ3v) is 15.6. The molecule has 0 aliphatic carbocycles. The van der Waals surface area contributed by atoms with Crippen molar-refractivity contribution in [3.63, 3.8) is 0 Å². The lowest BCUT2D eigenvalue weighted by molar-refractivity contribution is -0.328. The average Bonchev–Trinajstić information content (AvgIpc) is 3.26. The molecule has 7 heteroatoms. The molecule has 0 radical (unpaired) electrons. The predicted octanol–water partition coefficient (Wildman–Crippen LogP) is 9.26. The Hall–Kier alpha value is -4.70. The zero-order valence-corrected chi connectivity index (χ0v) is 34.2. The van der Waals surface area contributed by atoms with E-state index in [1.807, 2.05) is 72.8 Å². The molecule has 5 atom stereocenters. The molecule has 6 aromatic carbocycles. The number of hydrogen-bond donors (Lipinski definition) is 0. The second-order valence-electron chi connectivity index (χ2n) is 15.6. The summed E-state index contributed by atoms with van der Waals surface area (Å²) in [5, 5.41) is 2.15. The van der Waals surface area contributed by atoms with Crippen LogP contribution in [-0.4, -0.2) is 45.6 Å². The Bertz CT molecular complexity index is 1990. The van der Waals surface area contributed by atoms with E-state index in [9.17, 15) is 0 Å². The summed E-state index contributed by atoms with van der Waals surface area (Å²) in [6.45, 7) is 8.50. The van der Waals surface area contributed by atoms with Crippen molar-refractivity contribution in [2.24, 2.45) is 0 Å². The summed E-state index contributed by atoms with van der Waals surface area (Å²) in [7, 11) is -2.96. The van der Waals surface area contributed by atoms with Crippen molar-refractivity contribution in [3.8, 4) is 0 Å². The minimum atomic E-state index is -2.96. The lowest BCUT2D eigenvalue weighted by Crippen LogP contribution is -2.68. The van der Waals surface area contributed by atoms with Gasteiger partial charge in [0.2, 0.25) is 0 Å². The smallest absolute Gasteiger partial charge is 0.261 e. The molecule has 0 spiro atoms. The molecule has 1 heterocycles. The van der Waals surface area contributed by atoms with E-state index >= 15 is 0 Å². The van der Waals surface area contributed by atoms with Gasteiger partial charge in [0, 0.05) is 0 Å². The summed E-state index contributed by atoms with van der Waals surface area (Å²) in [5.74, 6) is 0. The number of benzene rings is 6. The molecule has 1 aliphatic heterocycles. The summed E-state index contributed by atoms with van der Waals surface area (Å²) in [6.07, 6.45) is -3.17. The molecule has 7 rings (SSSR count). The van der Waals surface area contributed by atoms with Gasteiger partial charge >= 0.3 is 0 Å². The van der Waals surface area contributed by atoms with Crippen molar-refractivity contribution in [2.75, 3.05) is 6.61 Å². The summed E-state index contributed by atoms with van der Waals surface area (Å²) < 4.78 is 42.2. The van der Waals surface area contributed by atoms with Crippen molar-refractivity contribution < 1.29 is 28.1 Å². The van der Waals surface area contributed by atoms with E-state index < -0.39 is 39.0 Å². The van der Waals surface area contributed by atoms with Gasteiger partial charge in [-0.15, -0.1) is 0 Å². The zero-order chi connectivity index (χ0) is 39.3. The number of rotatable bonds is 17. The van der Waals surface area contributed by atoms with Crippen molar-refractivity contribution >= 4 is 18.7 Å². The van der Waals surface area contributed by atoms with E-state index in [0.717, 1.165) is 22.3 Å². The molecule has 294 valence electrons. The Balaban J connectivity index is 1.29. The van der Waals surface area contributed by atoms with Crippen molar-refractivity contribution in [1.29, 1.82) is 0 Å². The lowest BCUT2D eigenvalue weighted by Gasteiger charge is -2.48. The largest absolute Gasteiger partial charge is 0.405 e. The van der Waals surface area contributed by atoms with Gasteiger partial charge in [0.15, 0.2) is 6.29 Å². The van der Waals surface area contributed by atoms with E-state index in [1.165, 1.54) is 10.4 Å². The van der Waals surface area contributed by atoms with Crippen LogP contribution < -0.4 is 10.4 Å². The SMILES string of the molecule is CC(C)(C)[Si](OC[C@H]1O[C@H](OCc2ccccc2)[C@@H](OCc2ccccc2)[C@@H](OCc2ccccc2)[C@@H]1OCc1ccccc1)(c1ccccc1)c1ccccc1. The van der Waals surface area contributed by atoms with Crippen molar-refractivity contribution in [1.82, 2.24) is 0 Å². The summed E-state index contributed by atoms with van der Waals surface area (Å²) in [4.78, 5) is 0. The van der Waals surface area contributed by atoms with Gasteiger partial charge in [-0.3, -0.25) is 0 Å². The Kier molecular flexibility index (Phi) is 13.9. The standard InChI is InChI=1S/C50H54O6Si/c1-50(2,3)57(43-30-18-8-19-31-43,44-32-20-9-21-33-44)55-38-45-46(51-34-39-22-10-4-11-23-39)47(52-35-40-24-12-5-13-25-40)48(53-36-41-26-14-6-15-27-41)49(56-45)54-37-42-28-16-7-17-29-42/h4-33,45-49H,34-38H2,1-3H3/t45-,46-,47+,48+,49+/m1/s1. The fourth-order valence-corrected chi connectivity index (χ4v) is 12.3. The van der Waals surface area contributed by atoms with E-state index in [1.54, 1.807) is 0 Å². The van der Waals surface area contributed by atoms with E-state index in [4.69, 9.17) is 28.1 Å². The van der Waals surface area contributed by atoms with E-state index in [0.29, 0.717) is 26.4 Å². The number of hydrogen-bond acceptors (Lipinski definition) is 6. The van der Waals surface area contributed by atoms with Gasteiger partial charge in [-0.1, -0.05) is 203 Å². The molecule has 1 fully saturated rings. The first-order valence-electron chi connectivity index (χ1n) is 19.9. The van der Waals surface area contributed by atoms with Gasteiger partial charge in [0.05, 0.1) is 33.0 Å². The predicted molar refractivity (Wildman–Crippen MR) is 229 cm³/mol. The Morgan fingerprint density at radius 2 is 0.754 bits per heavy atom. The van der Waals surface area contributed by atoms with Crippen LogP contribution in [-0.2, 0) is 54.5 Å². The molecule has 1 aliphatic rings. The second kappa shape index (κ2) is 19.6. The molecule has 6 nitrogen and oxygen atoms in total. The average molecular weight is 779 g/mol. The van der Waals surface area contributed by atoms with Crippen LogP contribution in [0.2, 0.25) is 5.04 Å². The second-order valence-corrected chi connectivity index (χ2v) is 19.9. The molecule has 0 saturated carbocycles. The lowest BCUT2D eigenvalue weighted by atomic mass is 9.97. The molecule has 6 aromatic rings. The molecule has 0 N–H and O–H groups in total. The quantitative estimate of drug-likeness (QED) is 0.0862. The molecule has 0 unspecified atom stereocenters. The van der Waals surface area contributed by atoms with E-state index in [2.05, 4.69) is 130 Å². The highest BCUT2D eigenvalue weighted by atomic mass is 28.4. The van der Waals surface area contributed by atoms with Crippen LogP contribution in [0.1, 0.15) is 43.0 Å². The van der Waals surface area contributed by atoms with Crippen LogP contribution in [0.25, 0.3) is 0 Å². The zero-order valence-electron chi connectivity index (χ0n) is 33.2. The van der Waals surface area contributed by atoms with Gasteiger partial charge in [-0.2, -0.15) is 0 Å². The third kappa shape index (κ3) is 10.2. The van der Waals surface area contributed by atoms with Crippen molar-refractivity contribution in [3.05, 3.63) is 204 Å². The maximum atomic E-state index is 7.56. The first-order valence-corrected chi connectivity index (χ1v) is 21.8. The Labute approximate surface area is 339 Å². The molecular formula is C50H54O6Si. The summed E-state index contributed by atoms with van der Waals surface area (Å²) in [5.41, 5.74) is 4.18. The highest BCUT2D eigenvalue weighted by Gasteiger charge is 2.53. The summed E-state index contributed by atoms with van der Waals surface area (Å²) >= 11 is 0. The third-order valence-electron chi connectivity index (χ3n) is 10.6.